The summed E-state index contributed by atoms with van der Waals surface area (Å²) in [5, 5.41) is 4.23. The zero-order valence-corrected chi connectivity index (χ0v) is 16.6. The van der Waals surface area contributed by atoms with Crippen LogP contribution >= 0.6 is 23.2 Å². The summed E-state index contributed by atoms with van der Waals surface area (Å²) in [6.07, 6.45) is 1.73. The van der Waals surface area contributed by atoms with Crippen LogP contribution in [-0.4, -0.2) is 15.5 Å². The Hall–Kier alpha value is -2.82. The number of carbonyl (C=O) groups is 1. The standard InChI is InChI=1S/C22H17Cl2N3O/c1-14-6-8-17(11-19(14)24)27-13-26-20-10-15(7-9-21(20)27)22(28)25-12-16-4-2-3-5-18(16)23/h2-11,13H,12H2,1H3,(H,25,28). The highest BCUT2D eigenvalue weighted by Crippen LogP contribution is 2.24. The van der Waals surface area contributed by atoms with E-state index in [4.69, 9.17) is 23.2 Å². The molecular weight excluding hydrogens is 393 g/mol. The maximum Gasteiger partial charge on any atom is 0.251 e. The lowest BCUT2D eigenvalue weighted by Crippen LogP contribution is -2.22. The molecule has 140 valence electrons. The van der Waals surface area contributed by atoms with Crippen LogP contribution in [0.1, 0.15) is 21.5 Å². The number of halogens is 2. The molecule has 0 fully saturated rings. The molecule has 4 rings (SSSR count). The number of nitrogens with zero attached hydrogens (tertiary/aromatic N) is 2. The van der Waals surface area contributed by atoms with Crippen molar-refractivity contribution in [1.82, 2.24) is 14.9 Å². The maximum atomic E-state index is 12.5. The number of amides is 1. The molecule has 1 heterocycles. The van der Waals surface area contributed by atoms with Gasteiger partial charge in [0.2, 0.25) is 0 Å². The number of rotatable bonds is 4. The molecule has 6 heteroatoms. The van der Waals surface area contributed by atoms with Gasteiger partial charge in [-0.1, -0.05) is 47.5 Å². The fraction of sp³-hybridized carbons (Fsp3) is 0.0909. The maximum absolute atomic E-state index is 12.5. The van der Waals surface area contributed by atoms with Crippen LogP contribution in [0, 0.1) is 6.92 Å². The summed E-state index contributed by atoms with van der Waals surface area (Å²) in [4.78, 5) is 17.0. The van der Waals surface area contributed by atoms with E-state index < -0.39 is 0 Å². The molecule has 0 saturated carbocycles. The molecule has 0 bridgehead atoms. The second kappa shape index (κ2) is 7.66. The second-order valence-electron chi connectivity index (χ2n) is 6.53. The molecule has 0 unspecified atom stereocenters. The number of carbonyl (C=O) groups excluding carboxylic acids is 1. The van der Waals surface area contributed by atoms with Crippen LogP contribution < -0.4 is 5.32 Å². The minimum atomic E-state index is -0.172. The monoisotopic (exact) mass is 409 g/mol. The molecule has 3 aromatic carbocycles. The number of aromatic nitrogens is 2. The number of benzene rings is 3. The molecule has 0 atom stereocenters. The van der Waals surface area contributed by atoms with E-state index in [0.29, 0.717) is 22.2 Å². The zero-order valence-electron chi connectivity index (χ0n) is 15.1. The van der Waals surface area contributed by atoms with Crippen molar-refractivity contribution < 1.29 is 4.79 Å². The van der Waals surface area contributed by atoms with Gasteiger partial charge in [0.25, 0.3) is 5.91 Å². The van der Waals surface area contributed by atoms with Crippen LogP contribution in [0.3, 0.4) is 0 Å². The Morgan fingerprint density at radius 1 is 1.04 bits per heavy atom. The Kier molecular flexibility index (Phi) is 5.07. The highest BCUT2D eigenvalue weighted by Gasteiger charge is 2.11. The number of hydrogen-bond acceptors (Lipinski definition) is 2. The third-order valence-corrected chi connectivity index (χ3v) is 5.42. The average Bonchev–Trinajstić information content (AvgIpc) is 3.12. The van der Waals surface area contributed by atoms with Gasteiger partial charge in [-0.05, 0) is 54.4 Å². The van der Waals surface area contributed by atoms with Gasteiger partial charge < -0.3 is 5.32 Å². The van der Waals surface area contributed by atoms with E-state index in [2.05, 4.69) is 10.3 Å². The molecule has 1 amide bonds. The zero-order chi connectivity index (χ0) is 19.7. The molecule has 0 aliphatic rings. The van der Waals surface area contributed by atoms with Crippen LogP contribution in [0.5, 0.6) is 0 Å². The molecule has 0 saturated heterocycles. The van der Waals surface area contributed by atoms with Gasteiger partial charge >= 0.3 is 0 Å². The fourth-order valence-electron chi connectivity index (χ4n) is 3.01. The lowest BCUT2D eigenvalue weighted by atomic mass is 10.1. The summed E-state index contributed by atoms with van der Waals surface area (Å²) in [6.45, 7) is 2.33. The molecular formula is C22H17Cl2N3O. The highest BCUT2D eigenvalue weighted by molar-refractivity contribution is 6.31. The van der Waals surface area contributed by atoms with Crippen LogP contribution in [-0.2, 0) is 6.54 Å². The normalized spacial score (nSPS) is 11.0. The Morgan fingerprint density at radius 2 is 1.86 bits per heavy atom. The van der Waals surface area contributed by atoms with Crippen LogP contribution in [0.4, 0.5) is 0 Å². The summed E-state index contributed by atoms with van der Waals surface area (Å²) in [7, 11) is 0. The van der Waals surface area contributed by atoms with E-state index >= 15 is 0 Å². The average molecular weight is 410 g/mol. The van der Waals surface area contributed by atoms with Gasteiger partial charge in [-0.15, -0.1) is 0 Å². The van der Waals surface area contributed by atoms with Gasteiger partial charge in [-0.25, -0.2) is 4.98 Å². The Bertz CT molecular complexity index is 1180. The molecule has 0 aliphatic heterocycles. The largest absolute Gasteiger partial charge is 0.348 e. The number of imidazole rings is 1. The number of nitrogens with one attached hydrogen (secondary N) is 1. The minimum absolute atomic E-state index is 0.172. The van der Waals surface area contributed by atoms with E-state index in [9.17, 15) is 4.79 Å². The third-order valence-electron chi connectivity index (χ3n) is 4.64. The predicted molar refractivity (Wildman–Crippen MR) is 113 cm³/mol. The summed E-state index contributed by atoms with van der Waals surface area (Å²) in [5.41, 5.74) is 5.01. The smallest absolute Gasteiger partial charge is 0.251 e. The van der Waals surface area contributed by atoms with Crippen LogP contribution in [0.15, 0.2) is 67.0 Å². The Labute approximate surface area is 172 Å². The minimum Gasteiger partial charge on any atom is -0.348 e. The van der Waals surface area contributed by atoms with Gasteiger partial charge in [0, 0.05) is 27.8 Å². The lowest BCUT2D eigenvalue weighted by Gasteiger charge is -2.08. The van der Waals surface area contributed by atoms with Crippen molar-refractivity contribution in [1.29, 1.82) is 0 Å². The van der Waals surface area contributed by atoms with E-state index in [1.807, 2.05) is 54.0 Å². The first kappa shape index (κ1) is 18.5. The summed E-state index contributed by atoms with van der Waals surface area (Å²) < 4.78 is 1.95. The Balaban J connectivity index is 1.57. The van der Waals surface area contributed by atoms with Crippen molar-refractivity contribution in [3.63, 3.8) is 0 Å². The van der Waals surface area contributed by atoms with Crippen molar-refractivity contribution in [2.24, 2.45) is 0 Å². The first-order chi connectivity index (χ1) is 13.5. The number of hydrogen-bond donors (Lipinski definition) is 1. The fourth-order valence-corrected chi connectivity index (χ4v) is 3.39. The molecule has 4 nitrogen and oxygen atoms in total. The van der Waals surface area contributed by atoms with E-state index in [-0.39, 0.29) is 5.91 Å². The first-order valence-corrected chi connectivity index (χ1v) is 9.54. The van der Waals surface area contributed by atoms with Crippen molar-refractivity contribution in [3.8, 4) is 5.69 Å². The van der Waals surface area contributed by atoms with Crippen molar-refractivity contribution in [2.75, 3.05) is 0 Å². The summed E-state index contributed by atoms with van der Waals surface area (Å²) in [5.74, 6) is -0.172. The lowest BCUT2D eigenvalue weighted by molar-refractivity contribution is 0.0951. The number of fused-ring (bicyclic) bond motifs is 1. The molecule has 4 aromatic rings. The van der Waals surface area contributed by atoms with Crippen LogP contribution in [0.25, 0.3) is 16.7 Å². The molecule has 0 spiro atoms. The quantitative estimate of drug-likeness (QED) is 0.478. The second-order valence-corrected chi connectivity index (χ2v) is 7.34. The third kappa shape index (κ3) is 3.61. The first-order valence-electron chi connectivity index (χ1n) is 8.78. The van der Waals surface area contributed by atoms with Gasteiger partial charge in [0.05, 0.1) is 11.0 Å². The van der Waals surface area contributed by atoms with Crippen LogP contribution in [0.2, 0.25) is 10.0 Å². The number of aryl methyl sites for hydroxylation is 1. The Morgan fingerprint density at radius 3 is 2.64 bits per heavy atom. The van der Waals surface area contributed by atoms with Crippen molar-refractivity contribution >= 4 is 40.1 Å². The van der Waals surface area contributed by atoms with E-state index in [1.54, 1.807) is 24.5 Å². The van der Waals surface area contributed by atoms with Crippen molar-refractivity contribution in [2.45, 2.75) is 13.5 Å². The molecule has 1 N–H and O–H groups in total. The highest BCUT2D eigenvalue weighted by atomic mass is 35.5. The van der Waals surface area contributed by atoms with E-state index in [1.165, 1.54) is 0 Å². The molecule has 1 aromatic heterocycles. The molecule has 0 radical (unpaired) electrons. The SMILES string of the molecule is Cc1ccc(-n2cnc3cc(C(=O)NCc4ccccc4Cl)ccc32)cc1Cl. The summed E-state index contributed by atoms with van der Waals surface area (Å²) in [6, 6.07) is 18.8. The topological polar surface area (TPSA) is 46.9 Å². The van der Waals surface area contributed by atoms with Gasteiger partial charge in [-0.3, -0.25) is 9.36 Å². The van der Waals surface area contributed by atoms with Crippen molar-refractivity contribution in [3.05, 3.63) is 93.7 Å². The van der Waals surface area contributed by atoms with Gasteiger partial charge in [0.1, 0.15) is 6.33 Å². The summed E-state index contributed by atoms with van der Waals surface area (Å²) >= 11 is 12.4. The predicted octanol–water partition coefficient (Wildman–Crippen LogP) is 5.57. The van der Waals surface area contributed by atoms with E-state index in [0.717, 1.165) is 27.8 Å². The molecule has 0 aliphatic carbocycles. The van der Waals surface area contributed by atoms with Gasteiger partial charge in [-0.2, -0.15) is 0 Å². The molecule has 28 heavy (non-hydrogen) atoms. The van der Waals surface area contributed by atoms with Gasteiger partial charge in [0.15, 0.2) is 0 Å².